The van der Waals surface area contributed by atoms with E-state index in [1.807, 2.05) is 6.07 Å². The van der Waals surface area contributed by atoms with Crippen LogP contribution in [0, 0.1) is 0 Å². The first kappa shape index (κ1) is 30.0. The number of aliphatic hydroxyl groups excluding tert-OH is 2. The molecule has 0 aromatic heterocycles. The number of anilines is 1. The summed E-state index contributed by atoms with van der Waals surface area (Å²) in [6, 6.07) is 16.0. The molecular weight excluding hydrogens is 559 g/mol. The second-order valence-electron chi connectivity index (χ2n) is 8.01. The van der Waals surface area contributed by atoms with Gasteiger partial charge in [-0.15, -0.1) is 13.2 Å². The molecule has 0 aliphatic carbocycles. The van der Waals surface area contributed by atoms with Crippen molar-refractivity contribution < 1.29 is 37.7 Å². The standard InChI is InChI=1S/C26H23ClF3N3O5S/c27-19-6-9-23(32-24(36)18-3-1-2-17(10-18)14-39-15-20(35)13-34)22(11-19)25(37)33-31-12-16-4-7-21(8-5-16)38-26(28,29)30/h1-12,20,34-35H,13-15H2,(H,32,36)(H,33,37)/b31-12-. The summed E-state index contributed by atoms with van der Waals surface area (Å²) in [5, 5.41) is 25.1. The lowest BCUT2D eigenvalue weighted by molar-refractivity contribution is -0.274. The molecule has 0 aliphatic rings. The average molecular weight is 582 g/mol. The molecule has 3 rings (SSSR count). The number of carbonyl (C=O) groups excluding carboxylic acids is 2. The Labute approximate surface area is 230 Å². The molecule has 1 atom stereocenters. The first-order chi connectivity index (χ1) is 18.5. The molecule has 3 aromatic rings. The lowest BCUT2D eigenvalue weighted by Gasteiger charge is -2.12. The van der Waals surface area contributed by atoms with E-state index in [0.717, 1.165) is 17.7 Å². The molecule has 13 heteroatoms. The second-order valence-corrected chi connectivity index (χ2v) is 9.48. The third kappa shape index (κ3) is 9.91. The van der Waals surface area contributed by atoms with E-state index in [2.05, 4.69) is 20.6 Å². The number of nitrogens with one attached hydrogen (secondary N) is 2. The summed E-state index contributed by atoms with van der Waals surface area (Å²) in [5.41, 5.74) is 4.08. The molecule has 0 saturated heterocycles. The highest BCUT2D eigenvalue weighted by Crippen LogP contribution is 2.24. The Morgan fingerprint density at radius 3 is 2.51 bits per heavy atom. The molecule has 0 saturated carbocycles. The van der Waals surface area contributed by atoms with Crippen LogP contribution in [0.1, 0.15) is 31.8 Å². The van der Waals surface area contributed by atoms with E-state index in [1.54, 1.807) is 18.2 Å². The smallest absolute Gasteiger partial charge is 0.406 e. The van der Waals surface area contributed by atoms with Crippen molar-refractivity contribution in [2.75, 3.05) is 17.7 Å². The van der Waals surface area contributed by atoms with Gasteiger partial charge in [-0.25, -0.2) is 5.43 Å². The normalized spacial score (nSPS) is 12.3. The summed E-state index contributed by atoms with van der Waals surface area (Å²) in [5.74, 6) is -0.695. The average Bonchev–Trinajstić information content (AvgIpc) is 2.89. The summed E-state index contributed by atoms with van der Waals surface area (Å²) in [4.78, 5) is 25.7. The van der Waals surface area contributed by atoms with Crippen LogP contribution in [0.15, 0.2) is 71.8 Å². The summed E-state index contributed by atoms with van der Waals surface area (Å²) in [7, 11) is 0. The number of alkyl halides is 3. The zero-order valence-electron chi connectivity index (χ0n) is 20.1. The molecular formula is C26H23ClF3N3O5S. The van der Waals surface area contributed by atoms with Gasteiger partial charge in [0.25, 0.3) is 11.8 Å². The Bertz CT molecular complexity index is 1320. The van der Waals surface area contributed by atoms with E-state index in [4.69, 9.17) is 16.7 Å². The number of hydrazone groups is 1. The fourth-order valence-corrected chi connectivity index (χ4v) is 4.24. The van der Waals surface area contributed by atoms with Crippen molar-refractivity contribution in [2.24, 2.45) is 5.10 Å². The van der Waals surface area contributed by atoms with Crippen LogP contribution in [0.2, 0.25) is 5.02 Å². The first-order valence-electron chi connectivity index (χ1n) is 11.3. The lowest BCUT2D eigenvalue weighted by Crippen LogP contribution is -2.21. The van der Waals surface area contributed by atoms with Gasteiger partial charge in [-0.3, -0.25) is 9.59 Å². The number of carbonyl (C=O) groups is 2. The molecule has 0 heterocycles. The maximum absolute atomic E-state index is 12.9. The zero-order chi connectivity index (χ0) is 28.4. The highest BCUT2D eigenvalue weighted by Gasteiger charge is 2.30. The molecule has 0 spiro atoms. The van der Waals surface area contributed by atoms with Crippen molar-refractivity contribution in [3.05, 3.63) is 94.0 Å². The minimum absolute atomic E-state index is 0.0339. The first-order valence-corrected chi connectivity index (χ1v) is 12.8. The van der Waals surface area contributed by atoms with Crippen molar-refractivity contribution in [1.82, 2.24) is 5.43 Å². The van der Waals surface area contributed by atoms with Gasteiger partial charge in [-0.1, -0.05) is 23.7 Å². The predicted octanol–water partition coefficient (Wildman–Crippen LogP) is 4.84. The van der Waals surface area contributed by atoms with Gasteiger partial charge in [-0.05, 0) is 65.7 Å². The van der Waals surface area contributed by atoms with Crippen LogP contribution in [-0.4, -0.2) is 53.1 Å². The highest BCUT2D eigenvalue weighted by atomic mass is 35.5. The van der Waals surface area contributed by atoms with E-state index >= 15 is 0 Å². The molecule has 0 radical (unpaired) electrons. The Hall–Kier alpha value is -3.58. The summed E-state index contributed by atoms with van der Waals surface area (Å²) in [6.07, 6.45) is -4.40. The number of rotatable bonds is 11. The number of benzene rings is 3. The van der Waals surface area contributed by atoms with E-state index in [9.17, 15) is 27.9 Å². The fourth-order valence-electron chi connectivity index (χ4n) is 3.16. The van der Waals surface area contributed by atoms with Crippen LogP contribution >= 0.6 is 23.4 Å². The topological polar surface area (TPSA) is 120 Å². The summed E-state index contributed by atoms with van der Waals surface area (Å²) < 4.78 is 40.6. The van der Waals surface area contributed by atoms with Crippen molar-refractivity contribution in [3.8, 4) is 5.75 Å². The number of amides is 2. The van der Waals surface area contributed by atoms with Crippen LogP contribution in [0.3, 0.4) is 0 Å². The maximum atomic E-state index is 12.9. The van der Waals surface area contributed by atoms with E-state index in [1.165, 1.54) is 48.3 Å². The predicted molar refractivity (Wildman–Crippen MR) is 143 cm³/mol. The van der Waals surface area contributed by atoms with Gasteiger partial charge in [0.15, 0.2) is 0 Å². The van der Waals surface area contributed by atoms with Crippen LogP contribution in [-0.2, 0) is 5.75 Å². The van der Waals surface area contributed by atoms with Crippen LogP contribution < -0.4 is 15.5 Å². The van der Waals surface area contributed by atoms with Crippen LogP contribution in [0.4, 0.5) is 18.9 Å². The summed E-state index contributed by atoms with van der Waals surface area (Å²) in [6.45, 7) is -0.328. The van der Waals surface area contributed by atoms with Crippen molar-refractivity contribution in [2.45, 2.75) is 18.2 Å². The van der Waals surface area contributed by atoms with Gasteiger partial charge in [0.2, 0.25) is 0 Å². The molecule has 1 unspecified atom stereocenters. The Morgan fingerprint density at radius 1 is 1.08 bits per heavy atom. The molecule has 8 nitrogen and oxygen atoms in total. The minimum Gasteiger partial charge on any atom is -0.406 e. The maximum Gasteiger partial charge on any atom is 0.573 e. The molecule has 39 heavy (non-hydrogen) atoms. The monoisotopic (exact) mass is 581 g/mol. The number of hydrogen-bond acceptors (Lipinski definition) is 7. The quantitative estimate of drug-likeness (QED) is 0.190. The SMILES string of the molecule is O=C(Nc1ccc(Cl)cc1C(=O)N/N=C\c1ccc(OC(F)(F)F)cc1)c1cccc(CSCC(O)CO)c1. The molecule has 0 bridgehead atoms. The van der Waals surface area contributed by atoms with Gasteiger partial charge < -0.3 is 20.3 Å². The highest BCUT2D eigenvalue weighted by molar-refractivity contribution is 7.98. The lowest BCUT2D eigenvalue weighted by atomic mass is 10.1. The molecule has 0 fully saturated rings. The number of aliphatic hydroxyl groups is 2. The number of nitrogens with zero attached hydrogens (tertiary/aromatic N) is 1. The van der Waals surface area contributed by atoms with Crippen LogP contribution in [0.25, 0.3) is 0 Å². The number of thioether (sulfide) groups is 1. The number of hydrogen-bond donors (Lipinski definition) is 4. The van der Waals surface area contributed by atoms with Gasteiger partial charge in [0.05, 0.1) is 30.2 Å². The molecule has 4 N–H and O–H groups in total. The number of ether oxygens (including phenoxy) is 1. The van der Waals surface area contributed by atoms with Gasteiger partial charge in [0.1, 0.15) is 5.75 Å². The molecule has 3 aromatic carbocycles. The van der Waals surface area contributed by atoms with Crippen LogP contribution in [0.5, 0.6) is 5.75 Å². The van der Waals surface area contributed by atoms with E-state index in [0.29, 0.717) is 22.6 Å². The Balaban J connectivity index is 1.65. The molecule has 0 aliphatic heterocycles. The van der Waals surface area contributed by atoms with Gasteiger partial charge >= 0.3 is 6.36 Å². The Morgan fingerprint density at radius 2 is 1.82 bits per heavy atom. The minimum atomic E-state index is -4.80. The van der Waals surface area contributed by atoms with Crippen molar-refractivity contribution in [3.63, 3.8) is 0 Å². The third-order valence-electron chi connectivity index (χ3n) is 4.95. The molecule has 2 amide bonds. The number of halogens is 4. The largest absolute Gasteiger partial charge is 0.573 e. The van der Waals surface area contributed by atoms with E-state index in [-0.39, 0.29) is 22.9 Å². The van der Waals surface area contributed by atoms with Gasteiger partial charge in [-0.2, -0.15) is 16.9 Å². The van der Waals surface area contributed by atoms with E-state index < -0.39 is 30.0 Å². The second kappa shape index (κ2) is 14.0. The summed E-state index contributed by atoms with van der Waals surface area (Å²) >= 11 is 7.45. The van der Waals surface area contributed by atoms with Gasteiger partial charge in [0, 0.05) is 22.1 Å². The fraction of sp³-hybridized carbons (Fsp3) is 0.192. The molecule has 206 valence electrons. The van der Waals surface area contributed by atoms with Crippen molar-refractivity contribution in [1.29, 1.82) is 0 Å². The van der Waals surface area contributed by atoms with Crippen molar-refractivity contribution >= 4 is 47.1 Å². The zero-order valence-corrected chi connectivity index (χ0v) is 21.7. The Kier molecular flexibility index (Phi) is 10.8. The third-order valence-corrected chi connectivity index (χ3v) is 6.34.